The van der Waals surface area contributed by atoms with Crippen molar-refractivity contribution in [3.63, 3.8) is 0 Å². The van der Waals surface area contributed by atoms with Gasteiger partial charge in [-0.05, 0) is 24.3 Å². The Labute approximate surface area is 142 Å². The summed E-state index contributed by atoms with van der Waals surface area (Å²) in [7, 11) is 3.09. The van der Waals surface area contributed by atoms with E-state index in [-0.39, 0.29) is 5.78 Å². The number of hydrogen-bond acceptors (Lipinski definition) is 5. The maximum atomic E-state index is 12.9. The summed E-state index contributed by atoms with van der Waals surface area (Å²) in [6.07, 6.45) is 1.59. The summed E-state index contributed by atoms with van der Waals surface area (Å²) in [6.45, 7) is 0. The normalized spacial score (nSPS) is 12.0. The van der Waals surface area contributed by atoms with Crippen LogP contribution in [0.25, 0.3) is 22.5 Å². The van der Waals surface area contributed by atoms with Gasteiger partial charge in [0.2, 0.25) is 0 Å². The van der Waals surface area contributed by atoms with E-state index in [1.165, 1.54) is 7.11 Å². The first-order valence-corrected chi connectivity index (χ1v) is 7.53. The van der Waals surface area contributed by atoms with E-state index >= 15 is 0 Å². The number of rotatable bonds is 3. The number of carbonyl (C=O) groups excluding carboxylic acids is 1. The number of fused-ring (bicyclic) bond motifs is 3. The summed E-state index contributed by atoms with van der Waals surface area (Å²) >= 11 is 5.82. The molecule has 0 spiro atoms. The van der Waals surface area contributed by atoms with Crippen LogP contribution in [0.2, 0.25) is 5.15 Å². The number of hydrogen-bond donors (Lipinski definition) is 1. The molecule has 24 heavy (non-hydrogen) atoms. The fourth-order valence-corrected chi connectivity index (χ4v) is 3.00. The number of ketones is 1. The van der Waals surface area contributed by atoms with E-state index in [1.54, 1.807) is 37.6 Å². The number of benzene rings is 1. The number of nitrogens with one attached hydrogen (secondary N) is 1. The molecule has 2 heterocycles. The molecule has 1 aromatic carbocycles. The molecule has 0 amide bonds. The van der Waals surface area contributed by atoms with E-state index in [2.05, 4.69) is 15.2 Å². The molecule has 0 atom stereocenters. The predicted octanol–water partition coefficient (Wildman–Crippen LogP) is 3.35. The summed E-state index contributed by atoms with van der Waals surface area (Å²) in [5.41, 5.74) is 3.75. The first kappa shape index (κ1) is 14.7. The SMILES string of the molecule is COc1cc2c(cc1OC)-c1[nH]nc(-c3ccc(Cl)nc3)c1C2=O. The average Bonchev–Trinajstić information content (AvgIpc) is 3.15. The zero-order chi connectivity index (χ0) is 16.8. The summed E-state index contributed by atoms with van der Waals surface area (Å²) in [4.78, 5) is 16.9. The number of carbonyl (C=O) groups is 1. The van der Waals surface area contributed by atoms with Gasteiger partial charge in [-0.3, -0.25) is 9.89 Å². The van der Waals surface area contributed by atoms with E-state index in [0.717, 1.165) is 11.1 Å². The predicted molar refractivity (Wildman–Crippen MR) is 88.8 cm³/mol. The zero-order valence-electron chi connectivity index (χ0n) is 12.9. The Morgan fingerprint density at radius 3 is 2.42 bits per heavy atom. The molecule has 0 saturated heterocycles. The Morgan fingerprint density at radius 1 is 1.08 bits per heavy atom. The van der Waals surface area contributed by atoms with Gasteiger partial charge in [0.25, 0.3) is 0 Å². The van der Waals surface area contributed by atoms with Crippen LogP contribution in [-0.4, -0.2) is 35.2 Å². The highest BCUT2D eigenvalue weighted by Crippen LogP contribution is 2.44. The van der Waals surface area contributed by atoms with Crippen molar-refractivity contribution in [1.29, 1.82) is 0 Å². The number of aromatic amines is 1. The number of aromatic nitrogens is 3. The Morgan fingerprint density at radius 2 is 1.79 bits per heavy atom. The summed E-state index contributed by atoms with van der Waals surface area (Å²) in [5.74, 6) is 0.957. The molecule has 3 aromatic rings. The second kappa shape index (κ2) is 5.35. The Bertz CT molecular complexity index is 964. The highest BCUT2D eigenvalue weighted by molar-refractivity contribution is 6.29. The second-order valence-electron chi connectivity index (χ2n) is 5.27. The molecule has 0 radical (unpaired) electrons. The molecule has 7 heteroatoms. The van der Waals surface area contributed by atoms with Gasteiger partial charge in [0, 0.05) is 22.9 Å². The first-order chi connectivity index (χ1) is 11.6. The van der Waals surface area contributed by atoms with Gasteiger partial charge < -0.3 is 9.47 Å². The van der Waals surface area contributed by atoms with Crippen LogP contribution < -0.4 is 9.47 Å². The third-order valence-electron chi connectivity index (χ3n) is 4.03. The number of methoxy groups -OCH3 is 2. The molecule has 0 bridgehead atoms. The molecule has 0 aliphatic heterocycles. The summed E-state index contributed by atoms with van der Waals surface area (Å²) in [5, 5.41) is 7.62. The van der Waals surface area contributed by atoms with Gasteiger partial charge in [-0.2, -0.15) is 5.10 Å². The van der Waals surface area contributed by atoms with Crippen LogP contribution in [0.15, 0.2) is 30.5 Å². The Kier molecular flexibility index (Phi) is 3.28. The smallest absolute Gasteiger partial charge is 0.198 e. The largest absolute Gasteiger partial charge is 0.493 e. The van der Waals surface area contributed by atoms with Crippen molar-refractivity contribution in [2.75, 3.05) is 14.2 Å². The summed E-state index contributed by atoms with van der Waals surface area (Å²) < 4.78 is 10.6. The van der Waals surface area contributed by atoms with Crippen molar-refractivity contribution < 1.29 is 14.3 Å². The van der Waals surface area contributed by atoms with Crippen molar-refractivity contribution in [3.05, 3.63) is 46.7 Å². The molecular weight excluding hydrogens is 330 g/mol. The molecule has 1 aliphatic rings. The third-order valence-corrected chi connectivity index (χ3v) is 4.26. The molecule has 6 nitrogen and oxygen atoms in total. The number of halogens is 1. The van der Waals surface area contributed by atoms with Crippen LogP contribution in [0, 0.1) is 0 Å². The molecule has 4 rings (SSSR count). The van der Waals surface area contributed by atoms with E-state index in [1.807, 2.05) is 0 Å². The quantitative estimate of drug-likeness (QED) is 0.578. The minimum Gasteiger partial charge on any atom is -0.493 e. The van der Waals surface area contributed by atoms with Crippen LogP contribution in [0.3, 0.4) is 0 Å². The lowest BCUT2D eigenvalue weighted by Crippen LogP contribution is -1.99. The summed E-state index contributed by atoms with van der Waals surface area (Å²) in [6, 6.07) is 6.91. The van der Waals surface area contributed by atoms with Crippen molar-refractivity contribution in [2.45, 2.75) is 0 Å². The number of pyridine rings is 1. The van der Waals surface area contributed by atoms with E-state index < -0.39 is 0 Å². The van der Waals surface area contributed by atoms with Gasteiger partial charge in [-0.25, -0.2) is 4.98 Å². The molecule has 0 saturated carbocycles. The van der Waals surface area contributed by atoms with Crippen molar-refractivity contribution in [2.24, 2.45) is 0 Å². The first-order valence-electron chi connectivity index (χ1n) is 7.15. The highest BCUT2D eigenvalue weighted by Gasteiger charge is 2.34. The lowest BCUT2D eigenvalue weighted by molar-refractivity contribution is 0.104. The highest BCUT2D eigenvalue weighted by atomic mass is 35.5. The molecule has 1 N–H and O–H groups in total. The minimum atomic E-state index is -0.111. The van der Waals surface area contributed by atoms with Crippen molar-refractivity contribution >= 4 is 17.4 Å². The zero-order valence-corrected chi connectivity index (χ0v) is 13.6. The van der Waals surface area contributed by atoms with Crippen LogP contribution in [-0.2, 0) is 0 Å². The van der Waals surface area contributed by atoms with Crippen LogP contribution >= 0.6 is 11.6 Å². The van der Waals surface area contributed by atoms with Gasteiger partial charge in [0.1, 0.15) is 10.8 Å². The van der Waals surface area contributed by atoms with Gasteiger partial charge in [0.05, 0.1) is 25.5 Å². The van der Waals surface area contributed by atoms with Crippen molar-refractivity contribution in [3.8, 4) is 34.0 Å². The van der Waals surface area contributed by atoms with Gasteiger partial charge >= 0.3 is 0 Å². The van der Waals surface area contributed by atoms with E-state index in [4.69, 9.17) is 21.1 Å². The number of nitrogens with zero attached hydrogens (tertiary/aromatic N) is 2. The fourth-order valence-electron chi connectivity index (χ4n) is 2.89. The second-order valence-corrected chi connectivity index (χ2v) is 5.66. The lowest BCUT2D eigenvalue weighted by atomic mass is 10.1. The van der Waals surface area contributed by atoms with Gasteiger partial charge in [-0.1, -0.05) is 11.6 Å². The minimum absolute atomic E-state index is 0.111. The van der Waals surface area contributed by atoms with E-state index in [0.29, 0.717) is 39.2 Å². The van der Waals surface area contributed by atoms with Gasteiger partial charge in [0.15, 0.2) is 17.3 Å². The lowest BCUT2D eigenvalue weighted by Gasteiger charge is -2.09. The molecular formula is C17H12ClN3O3. The Balaban J connectivity index is 1.90. The third kappa shape index (κ3) is 2.00. The maximum Gasteiger partial charge on any atom is 0.198 e. The van der Waals surface area contributed by atoms with Gasteiger partial charge in [-0.15, -0.1) is 0 Å². The van der Waals surface area contributed by atoms with Crippen LogP contribution in [0.1, 0.15) is 15.9 Å². The topological polar surface area (TPSA) is 77.1 Å². The monoisotopic (exact) mass is 341 g/mol. The molecule has 2 aromatic heterocycles. The van der Waals surface area contributed by atoms with Crippen LogP contribution in [0.5, 0.6) is 11.5 Å². The maximum absolute atomic E-state index is 12.9. The number of ether oxygens (including phenoxy) is 2. The van der Waals surface area contributed by atoms with Crippen molar-refractivity contribution in [1.82, 2.24) is 15.2 Å². The molecule has 0 fully saturated rings. The fraction of sp³-hybridized carbons (Fsp3) is 0.118. The number of H-pyrrole nitrogens is 1. The molecule has 1 aliphatic carbocycles. The molecule has 120 valence electrons. The Hall–Kier alpha value is -2.86. The van der Waals surface area contributed by atoms with Crippen LogP contribution in [0.4, 0.5) is 0 Å². The standard InChI is InChI=1S/C17H12ClN3O3/c1-23-11-5-9-10(6-12(11)24-2)17(22)14-15(20-21-16(9)14)8-3-4-13(18)19-7-8/h3-7H,1-2H3,(H,20,21). The van der Waals surface area contributed by atoms with E-state index in [9.17, 15) is 4.79 Å². The average molecular weight is 342 g/mol. The molecule has 0 unspecified atom stereocenters.